The quantitative estimate of drug-likeness (QED) is 0.376. The van der Waals surface area contributed by atoms with E-state index in [9.17, 15) is 13.2 Å². The standard InChI is InChI=1S/C25H35N5O6S/c1-5-36-21-11-10-19(37(32,33)29(12-14-34-3)13-15-35-4)16-20(21)23-27-25(31)22-17(2)26-24(30(22)28-23)18-8-6-7-9-18/h10-11,16,18H,5-9,12-15H2,1-4H3,(H,27,28,31). The second kappa shape index (κ2) is 11.7. The molecule has 4 rings (SSSR count). The van der Waals surface area contributed by atoms with Crippen molar-refractivity contribution < 1.29 is 22.6 Å². The number of sulfonamides is 1. The fourth-order valence-electron chi connectivity index (χ4n) is 4.79. The van der Waals surface area contributed by atoms with Crippen molar-refractivity contribution in [2.75, 3.05) is 47.1 Å². The molecule has 0 bridgehead atoms. The maximum Gasteiger partial charge on any atom is 0.277 e. The van der Waals surface area contributed by atoms with Gasteiger partial charge < -0.3 is 19.2 Å². The summed E-state index contributed by atoms with van der Waals surface area (Å²) in [6.07, 6.45) is 4.23. The van der Waals surface area contributed by atoms with Gasteiger partial charge in [0.1, 0.15) is 11.6 Å². The summed E-state index contributed by atoms with van der Waals surface area (Å²) >= 11 is 0. The van der Waals surface area contributed by atoms with E-state index >= 15 is 0 Å². The van der Waals surface area contributed by atoms with E-state index in [1.807, 2.05) is 6.92 Å². The topological polar surface area (TPSA) is 128 Å². The highest BCUT2D eigenvalue weighted by Crippen LogP contribution is 2.35. The summed E-state index contributed by atoms with van der Waals surface area (Å²) in [6, 6.07) is 4.59. The predicted molar refractivity (Wildman–Crippen MR) is 139 cm³/mol. The van der Waals surface area contributed by atoms with Crippen LogP contribution in [0.2, 0.25) is 0 Å². The number of methoxy groups -OCH3 is 2. The van der Waals surface area contributed by atoms with Crippen LogP contribution >= 0.6 is 0 Å². The van der Waals surface area contributed by atoms with E-state index < -0.39 is 10.0 Å². The number of hydrogen-bond acceptors (Lipinski definition) is 8. The van der Waals surface area contributed by atoms with Gasteiger partial charge in [0.05, 0.1) is 36.0 Å². The molecule has 0 amide bonds. The van der Waals surface area contributed by atoms with Gasteiger partial charge in [-0.25, -0.2) is 17.9 Å². The third-order valence-electron chi connectivity index (χ3n) is 6.65. The van der Waals surface area contributed by atoms with Crippen molar-refractivity contribution in [2.24, 2.45) is 0 Å². The van der Waals surface area contributed by atoms with E-state index in [-0.39, 0.29) is 48.5 Å². The highest BCUT2D eigenvalue weighted by molar-refractivity contribution is 7.89. The molecule has 1 aliphatic rings. The fourth-order valence-corrected chi connectivity index (χ4v) is 6.22. The summed E-state index contributed by atoms with van der Waals surface area (Å²) < 4.78 is 46.1. The Labute approximate surface area is 216 Å². The largest absolute Gasteiger partial charge is 0.493 e. The molecule has 202 valence electrons. The van der Waals surface area contributed by atoms with Gasteiger partial charge in [0.25, 0.3) is 5.56 Å². The van der Waals surface area contributed by atoms with Crippen molar-refractivity contribution in [3.63, 3.8) is 0 Å². The van der Waals surface area contributed by atoms with Crippen molar-refractivity contribution in [3.05, 3.63) is 40.1 Å². The van der Waals surface area contributed by atoms with E-state index in [1.165, 1.54) is 30.7 Å². The third kappa shape index (κ3) is 5.57. The molecule has 0 radical (unpaired) electrons. The monoisotopic (exact) mass is 533 g/mol. The molecule has 0 aliphatic heterocycles. The minimum Gasteiger partial charge on any atom is -0.493 e. The fraction of sp³-hybridized carbons (Fsp3) is 0.560. The predicted octanol–water partition coefficient (Wildman–Crippen LogP) is 2.73. The van der Waals surface area contributed by atoms with Crippen LogP contribution in [-0.2, 0) is 19.5 Å². The Morgan fingerprint density at radius 1 is 1.14 bits per heavy atom. The third-order valence-corrected chi connectivity index (χ3v) is 8.55. The Balaban J connectivity index is 1.85. The molecule has 3 aromatic rings. The van der Waals surface area contributed by atoms with Crippen molar-refractivity contribution in [1.82, 2.24) is 23.9 Å². The molecule has 11 nitrogen and oxygen atoms in total. The number of fused-ring (bicyclic) bond motifs is 1. The van der Waals surface area contributed by atoms with E-state index in [0.717, 1.165) is 31.5 Å². The minimum atomic E-state index is -3.90. The Bertz CT molecular complexity index is 1390. The number of aromatic nitrogens is 4. The molecule has 1 saturated carbocycles. The summed E-state index contributed by atoms with van der Waals surface area (Å²) in [5.74, 6) is 1.64. The molecule has 0 saturated heterocycles. The van der Waals surface area contributed by atoms with Crippen LogP contribution in [0.1, 0.15) is 50.0 Å². The molecule has 37 heavy (non-hydrogen) atoms. The number of benzene rings is 1. The van der Waals surface area contributed by atoms with E-state index in [1.54, 1.807) is 17.5 Å². The smallest absolute Gasteiger partial charge is 0.277 e. The van der Waals surface area contributed by atoms with Crippen LogP contribution in [0.25, 0.3) is 16.9 Å². The number of aryl methyl sites for hydroxylation is 1. The van der Waals surface area contributed by atoms with Gasteiger partial charge >= 0.3 is 0 Å². The molecule has 0 atom stereocenters. The van der Waals surface area contributed by atoms with Crippen molar-refractivity contribution >= 4 is 15.5 Å². The van der Waals surface area contributed by atoms with Gasteiger partial charge in [-0.3, -0.25) is 4.79 Å². The van der Waals surface area contributed by atoms with Gasteiger partial charge in [-0.1, -0.05) is 12.8 Å². The first-order valence-electron chi connectivity index (χ1n) is 12.6. The molecular formula is C25H35N5O6S. The average Bonchev–Trinajstić information content (AvgIpc) is 3.52. The number of aromatic amines is 1. The van der Waals surface area contributed by atoms with Crippen molar-refractivity contribution in [2.45, 2.75) is 50.3 Å². The number of nitrogens with one attached hydrogen (secondary N) is 1. The van der Waals surface area contributed by atoms with Gasteiger partial charge in [0, 0.05) is 33.2 Å². The van der Waals surface area contributed by atoms with Gasteiger partial charge in [-0.05, 0) is 44.9 Å². The normalized spacial score (nSPS) is 14.7. The SMILES string of the molecule is CCOc1ccc(S(=O)(=O)N(CCOC)CCOC)cc1-c1nn2c(C3CCCC3)nc(C)c2c(=O)[nH]1. The molecule has 1 N–H and O–H groups in total. The molecule has 1 aliphatic carbocycles. The average molecular weight is 534 g/mol. The van der Waals surface area contributed by atoms with Gasteiger partial charge in [-0.2, -0.15) is 4.31 Å². The summed E-state index contributed by atoms with van der Waals surface area (Å²) in [7, 11) is -0.859. The molecular weight excluding hydrogens is 498 g/mol. The highest BCUT2D eigenvalue weighted by Gasteiger charge is 2.28. The zero-order valence-corrected chi connectivity index (χ0v) is 22.6. The number of rotatable bonds is 12. The van der Waals surface area contributed by atoms with Gasteiger partial charge in [0.2, 0.25) is 10.0 Å². The lowest BCUT2D eigenvalue weighted by atomic mass is 10.1. The minimum absolute atomic E-state index is 0.0544. The maximum absolute atomic E-state index is 13.6. The number of hydrogen-bond donors (Lipinski definition) is 1. The lowest BCUT2D eigenvalue weighted by Crippen LogP contribution is -2.36. The Morgan fingerprint density at radius 3 is 2.43 bits per heavy atom. The van der Waals surface area contributed by atoms with E-state index in [0.29, 0.717) is 29.1 Å². The molecule has 12 heteroatoms. The highest BCUT2D eigenvalue weighted by atomic mass is 32.2. The van der Waals surface area contributed by atoms with Crippen LogP contribution in [0.15, 0.2) is 27.9 Å². The number of imidazole rings is 1. The first-order valence-corrected chi connectivity index (χ1v) is 14.0. The second-order valence-corrected chi connectivity index (χ2v) is 11.0. The van der Waals surface area contributed by atoms with Crippen LogP contribution in [0, 0.1) is 6.92 Å². The number of ether oxygens (including phenoxy) is 3. The van der Waals surface area contributed by atoms with E-state index in [2.05, 4.69) is 9.97 Å². The summed E-state index contributed by atoms with van der Waals surface area (Å²) in [6.45, 7) is 4.82. The van der Waals surface area contributed by atoms with Crippen LogP contribution < -0.4 is 10.3 Å². The zero-order valence-electron chi connectivity index (χ0n) is 21.8. The summed E-state index contributed by atoms with van der Waals surface area (Å²) in [5.41, 5.74) is 1.06. The van der Waals surface area contributed by atoms with E-state index in [4.69, 9.17) is 19.3 Å². The second-order valence-electron chi connectivity index (χ2n) is 9.08. The molecule has 0 spiro atoms. The molecule has 1 fully saturated rings. The number of nitrogens with zero attached hydrogens (tertiary/aromatic N) is 4. The molecule has 0 unspecified atom stereocenters. The molecule has 2 aromatic heterocycles. The Kier molecular flexibility index (Phi) is 8.63. The lowest BCUT2D eigenvalue weighted by Gasteiger charge is -2.22. The summed E-state index contributed by atoms with van der Waals surface area (Å²) in [5, 5.41) is 4.75. The first-order chi connectivity index (χ1) is 17.8. The Hall–Kier alpha value is -2.80. The summed E-state index contributed by atoms with van der Waals surface area (Å²) in [4.78, 5) is 20.7. The zero-order chi connectivity index (χ0) is 26.6. The van der Waals surface area contributed by atoms with Crippen molar-refractivity contribution in [3.8, 4) is 17.1 Å². The van der Waals surface area contributed by atoms with Gasteiger partial charge in [0.15, 0.2) is 11.3 Å². The number of H-pyrrole nitrogens is 1. The van der Waals surface area contributed by atoms with Crippen LogP contribution in [0.4, 0.5) is 0 Å². The first kappa shape index (κ1) is 27.2. The van der Waals surface area contributed by atoms with Crippen LogP contribution in [-0.4, -0.2) is 79.4 Å². The van der Waals surface area contributed by atoms with Crippen LogP contribution in [0.5, 0.6) is 5.75 Å². The molecule has 1 aromatic carbocycles. The van der Waals surface area contributed by atoms with Crippen molar-refractivity contribution in [1.29, 1.82) is 0 Å². The Morgan fingerprint density at radius 2 is 1.81 bits per heavy atom. The maximum atomic E-state index is 13.6. The van der Waals surface area contributed by atoms with Crippen LogP contribution in [0.3, 0.4) is 0 Å². The molecule has 2 heterocycles. The lowest BCUT2D eigenvalue weighted by molar-refractivity contribution is 0.150. The van der Waals surface area contributed by atoms with Gasteiger partial charge in [-0.15, -0.1) is 5.10 Å².